The maximum Gasteiger partial charge on any atom is 0.303 e. The topological polar surface area (TPSA) is 89.5 Å². The number of benzene rings is 1. The molecule has 1 aromatic carbocycles. The fourth-order valence-corrected chi connectivity index (χ4v) is 5.82. The third kappa shape index (κ3) is 3.70. The third-order valence-corrected chi connectivity index (χ3v) is 7.01. The zero-order valence-corrected chi connectivity index (χ0v) is 16.9. The Morgan fingerprint density at radius 3 is 2.70 bits per heavy atom. The van der Waals surface area contributed by atoms with Crippen LogP contribution >= 0.6 is 11.5 Å². The molecular weight excluding hydrogens is 388 g/mol. The van der Waals surface area contributed by atoms with Crippen molar-refractivity contribution in [3.8, 4) is 5.75 Å². The summed E-state index contributed by atoms with van der Waals surface area (Å²) in [7, 11) is -2.01. The van der Waals surface area contributed by atoms with Gasteiger partial charge in [-0.15, -0.1) is 3.96 Å². The molecule has 0 fully saturated rings. The minimum Gasteiger partial charge on any atom is -0.494 e. The van der Waals surface area contributed by atoms with Crippen LogP contribution in [0.5, 0.6) is 5.75 Å². The van der Waals surface area contributed by atoms with Crippen LogP contribution in [0.15, 0.2) is 35.5 Å². The van der Waals surface area contributed by atoms with Crippen LogP contribution in [-0.4, -0.2) is 30.1 Å². The SMILES string of the molecule is CCOc1ccc2c(c1)c(CCC(=O)O)cn2S(=O)(=O)c1c[n+](C)sc1C. The number of rotatable bonds is 7. The molecule has 0 spiro atoms. The quantitative estimate of drug-likeness (QED) is 0.606. The largest absolute Gasteiger partial charge is 0.494 e. The predicted molar refractivity (Wildman–Crippen MR) is 102 cm³/mol. The molecule has 7 nitrogen and oxygen atoms in total. The summed E-state index contributed by atoms with van der Waals surface area (Å²) in [6.07, 6.45) is 3.27. The molecule has 0 bridgehead atoms. The van der Waals surface area contributed by atoms with Crippen molar-refractivity contribution < 1.29 is 27.0 Å². The Morgan fingerprint density at radius 1 is 1.37 bits per heavy atom. The molecule has 2 aromatic heterocycles. The van der Waals surface area contributed by atoms with Gasteiger partial charge in [-0.25, -0.2) is 12.4 Å². The van der Waals surface area contributed by atoms with Gasteiger partial charge in [-0.2, -0.15) is 0 Å². The van der Waals surface area contributed by atoms with E-state index in [1.807, 2.05) is 6.92 Å². The van der Waals surface area contributed by atoms with Crippen molar-refractivity contribution in [2.24, 2.45) is 7.05 Å². The fraction of sp³-hybridized carbons (Fsp3) is 0.333. The number of ether oxygens (including phenoxy) is 1. The van der Waals surface area contributed by atoms with Crippen molar-refractivity contribution in [3.05, 3.63) is 41.0 Å². The Labute approximate surface area is 161 Å². The summed E-state index contributed by atoms with van der Waals surface area (Å²) in [6, 6.07) is 5.19. The van der Waals surface area contributed by atoms with E-state index in [-0.39, 0.29) is 17.7 Å². The molecule has 27 heavy (non-hydrogen) atoms. The molecule has 0 saturated carbocycles. The van der Waals surface area contributed by atoms with Gasteiger partial charge in [0.05, 0.1) is 17.0 Å². The molecule has 0 atom stereocenters. The number of carboxylic acids is 1. The molecule has 2 heterocycles. The van der Waals surface area contributed by atoms with Gasteiger partial charge in [0.2, 0.25) is 6.20 Å². The summed E-state index contributed by atoms with van der Waals surface area (Å²) < 4.78 is 35.0. The molecule has 9 heteroatoms. The van der Waals surface area contributed by atoms with Crippen LogP contribution in [0.2, 0.25) is 0 Å². The van der Waals surface area contributed by atoms with E-state index >= 15 is 0 Å². The van der Waals surface area contributed by atoms with E-state index in [4.69, 9.17) is 9.84 Å². The molecule has 0 amide bonds. The number of nitrogens with zero attached hydrogens (tertiary/aromatic N) is 2. The monoisotopic (exact) mass is 409 g/mol. The van der Waals surface area contributed by atoms with Crippen molar-refractivity contribution in [1.29, 1.82) is 0 Å². The lowest BCUT2D eigenvalue weighted by Gasteiger charge is -2.06. The molecule has 1 N–H and O–H groups in total. The van der Waals surface area contributed by atoms with Crippen molar-refractivity contribution in [2.45, 2.75) is 31.6 Å². The number of hydrogen-bond acceptors (Lipinski definition) is 5. The van der Waals surface area contributed by atoms with E-state index in [0.29, 0.717) is 33.7 Å². The lowest BCUT2D eigenvalue weighted by atomic mass is 10.1. The number of carboxylic acid groups (broad SMARTS) is 1. The van der Waals surface area contributed by atoms with Gasteiger partial charge in [0.1, 0.15) is 17.3 Å². The van der Waals surface area contributed by atoms with E-state index in [0.717, 1.165) is 0 Å². The maximum absolute atomic E-state index is 13.3. The highest BCUT2D eigenvalue weighted by Crippen LogP contribution is 2.31. The first kappa shape index (κ1) is 19.4. The highest BCUT2D eigenvalue weighted by atomic mass is 32.2. The lowest BCUT2D eigenvalue weighted by molar-refractivity contribution is -0.602. The van der Waals surface area contributed by atoms with E-state index in [2.05, 4.69) is 0 Å². The predicted octanol–water partition coefficient (Wildman–Crippen LogP) is 2.49. The Hall–Kier alpha value is -2.39. The molecule has 0 aliphatic carbocycles. The molecule has 0 aliphatic heterocycles. The second-order valence-electron chi connectivity index (χ2n) is 6.15. The number of fused-ring (bicyclic) bond motifs is 1. The minimum atomic E-state index is -3.80. The summed E-state index contributed by atoms with van der Waals surface area (Å²) >= 11 is 1.35. The van der Waals surface area contributed by atoms with Gasteiger partial charge in [-0.1, -0.05) is 0 Å². The number of aryl methyl sites for hydroxylation is 3. The second kappa shape index (κ2) is 7.32. The molecular formula is C18H21N2O5S2+. The summed E-state index contributed by atoms with van der Waals surface area (Å²) in [5.74, 6) is -0.310. The first-order chi connectivity index (χ1) is 12.7. The average molecular weight is 410 g/mol. The van der Waals surface area contributed by atoms with Gasteiger partial charge in [0.15, 0.2) is 11.9 Å². The summed E-state index contributed by atoms with van der Waals surface area (Å²) in [4.78, 5) is 11.9. The van der Waals surface area contributed by atoms with E-state index in [1.165, 1.54) is 21.7 Å². The summed E-state index contributed by atoms with van der Waals surface area (Å²) in [6.45, 7) is 4.12. The normalized spacial score (nSPS) is 11.8. The Bertz CT molecular complexity index is 1110. The standard InChI is InChI=1S/C18H20N2O5S2/c1-4-25-14-6-7-16-15(9-14)13(5-8-18(21)22)10-20(16)27(23,24)17-11-19(3)26-12(17)2/h6-7,9-11H,4-5,8H2,1-3H3/p+1. The number of carbonyl (C=O) groups is 1. The molecule has 144 valence electrons. The Balaban J connectivity index is 2.20. The van der Waals surface area contributed by atoms with E-state index in [9.17, 15) is 13.2 Å². The van der Waals surface area contributed by atoms with Gasteiger partial charge in [-0.05, 0) is 44.0 Å². The van der Waals surface area contributed by atoms with Crippen LogP contribution in [0.3, 0.4) is 0 Å². The minimum absolute atomic E-state index is 0.0789. The first-order valence-electron chi connectivity index (χ1n) is 8.44. The van der Waals surface area contributed by atoms with Gasteiger partial charge in [-0.3, -0.25) is 4.79 Å². The smallest absolute Gasteiger partial charge is 0.303 e. The fourth-order valence-electron chi connectivity index (χ4n) is 3.04. The van der Waals surface area contributed by atoms with Crippen molar-refractivity contribution in [3.63, 3.8) is 0 Å². The second-order valence-corrected chi connectivity index (χ2v) is 9.30. The highest BCUT2D eigenvalue weighted by molar-refractivity contribution is 7.90. The Kier molecular flexibility index (Phi) is 5.25. The molecule has 0 saturated heterocycles. The van der Waals surface area contributed by atoms with Crippen molar-refractivity contribution >= 4 is 38.4 Å². The summed E-state index contributed by atoms with van der Waals surface area (Å²) in [5, 5.41) is 9.70. The van der Waals surface area contributed by atoms with Gasteiger partial charge in [0, 0.05) is 18.0 Å². The Morgan fingerprint density at radius 2 is 2.11 bits per heavy atom. The van der Waals surface area contributed by atoms with Crippen LogP contribution in [0.1, 0.15) is 23.8 Å². The zero-order valence-electron chi connectivity index (χ0n) is 15.3. The van der Waals surface area contributed by atoms with E-state index in [1.54, 1.807) is 42.3 Å². The molecule has 0 unspecified atom stereocenters. The van der Waals surface area contributed by atoms with Crippen molar-refractivity contribution in [2.75, 3.05) is 6.61 Å². The van der Waals surface area contributed by atoms with Crippen LogP contribution in [0, 0.1) is 6.92 Å². The third-order valence-electron chi connectivity index (χ3n) is 4.21. The van der Waals surface area contributed by atoms with Crippen LogP contribution in [0.25, 0.3) is 10.9 Å². The molecule has 3 aromatic rings. The number of aliphatic carboxylic acids is 1. The molecule has 0 radical (unpaired) electrons. The highest BCUT2D eigenvalue weighted by Gasteiger charge is 2.28. The number of hydrogen-bond donors (Lipinski definition) is 1. The van der Waals surface area contributed by atoms with Crippen molar-refractivity contribution in [1.82, 2.24) is 3.97 Å². The number of aromatic nitrogens is 2. The van der Waals surface area contributed by atoms with E-state index < -0.39 is 16.0 Å². The van der Waals surface area contributed by atoms with Crippen LogP contribution in [-0.2, 0) is 28.3 Å². The van der Waals surface area contributed by atoms with Gasteiger partial charge in [0.25, 0.3) is 10.0 Å². The van der Waals surface area contributed by atoms with Crippen LogP contribution in [0.4, 0.5) is 0 Å². The zero-order chi connectivity index (χ0) is 19.8. The van der Waals surface area contributed by atoms with Crippen LogP contribution < -0.4 is 8.69 Å². The van der Waals surface area contributed by atoms with Gasteiger partial charge < -0.3 is 9.84 Å². The first-order valence-corrected chi connectivity index (χ1v) is 10.7. The molecule has 3 rings (SSSR count). The average Bonchev–Trinajstić information content (AvgIpc) is 3.13. The van der Waals surface area contributed by atoms with Gasteiger partial charge >= 0.3 is 5.97 Å². The lowest BCUT2D eigenvalue weighted by Crippen LogP contribution is -2.21. The maximum atomic E-state index is 13.3. The summed E-state index contributed by atoms with van der Waals surface area (Å²) in [5.41, 5.74) is 1.17. The molecule has 0 aliphatic rings.